The first-order valence-corrected chi connectivity index (χ1v) is 2.98. The number of nitrogens with zero attached hydrogens (tertiary/aromatic N) is 2. The fourth-order valence-corrected chi connectivity index (χ4v) is 0.630. The third kappa shape index (κ3) is 1.63. The summed E-state index contributed by atoms with van der Waals surface area (Å²) in [5.41, 5.74) is 0.233. The van der Waals surface area contributed by atoms with Crippen molar-refractivity contribution < 1.29 is 4.79 Å². The van der Waals surface area contributed by atoms with Crippen LogP contribution in [0.25, 0.3) is 6.08 Å². The molecular formula is C7H6N2O2. The summed E-state index contributed by atoms with van der Waals surface area (Å²) >= 11 is 0. The highest BCUT2D eigenvalue weighted by Crippen LogP contribution is 1.90. The van der Waals surface area contributed by atoms with Crippen molar-refractivity contribution in [3.8, 4) is 0 Å². The summed E-state index contributed by atoms with van der Waals surface area (Å²) in [6.45, 7) is 0. The summed E-state index contributed by atoms with van der Waals surface area (Å²) in [7, 11) is 1.54. The molecule has 0 aliphatic rings. The minimum Gasteiger partial charge on any atom is -0.268 e. The number of rotatable bonds is 1. The quantitative estimate of drug-likeness (QED) is 0.513. The summed E-state index contributed by atoms with van der Waals surface area (Å²) in [5, 5.41) is 3.69. The summed E-state index contributed by atoms with van der Waals surface area (Å²) in [5.74, 6) is 1.57. The molecule has 0 saturated heterocycles. The Morgan fingerprint density at radius 3 is 3.00 bits per heavy atom. The first-order valence-electron chi connectivity index (χ1n) is 2.98. The molecule has 1 rings (SSSR count). The van der Waals surface area contributed by atoms with Crippen molar-refractivity contribution in [3.05, 3.63) is 28.2 Å². The maximum Gasteiger partial charge on any atom is 0.267 e. The molecule has 1 aromatic rings. The van der Waals surface area contributed by atoms with Gasteiger partial charge in [0.2, 0.25) is 0 Å². The number of hydrogen-bond acceptors (Lipinski definition) is 3. The van der Waals surface area contributed by atoms with Crippen molar-refractivity contribution in [1.29, 1.82) is 0 Å². The third-order valence-corrected chi connectivity index (χ3v) is 1.21. The smallest absolute Gasteiger partial charge is 0.267 e. The van der Waals surface area contributed by atoms with E-state index in [1.807, 2.05) is 0 Å². The third-order valence-electron chi connectivity index (χ3n) is 1.21. The highest BCUT2D eigenvalue weighted by molar-refractivity contribution is 5.73. The molecule has 1 aromatic heterocycles. The van der Waals surface area contributed by atoms with Crippen molar-refractivity contribution in [2.45, 2.75) is 0 Å². The zero-order valence-electron chi connectivity index (χ0n) is 5.94. The molecule has 0 saturated carbocycles. The van der Waals surface area contributed by atoms with Gasteiger partial charge in [0.05, 0.1) is 6.20 Å². The van der Waals surface area contributed by atoms with Crippen LogP contribution in [0.4, 0.5) is 0 Å². The van der Waals surface area contributed by atoms with Gasteiger partial charge < -0.3 is 0 Å². The minimum atomic E-state index is -0.242. The van der Waals surface area contributed by atoms with Crippen molar-refractivity contribution in [1.82, 2.24) is 9.78 Å². The van der Waals surface area contributed by atoms with Crippen LogP contribution in [-0.2, 0) is 11.8 Å². The van der Waals surface area contributed by atoms with Crippen LogP contribution >= 0.6 is 0 Å². The van der Waals surface area contributed by atoms with Crippen LogP contribution < -0.4 is 5.56 Å². The molecule has 0 atom stereocenters. The Bertz CT molecular complexity index is 361. The lowest BCUT2D eigenvalue weighted by molar-refractivity contribution is 0.570. The van der Waals surface area contributed by atoms with E-state index in [2.05, 4.69) is 5.10 Å². The van der Waals surface area contributed by atoms with E-state index in [1.165, 1.54) is 24.0 Å². The maximum atomic E-state index is 10.9. The lowest BCUT2D eigenvalue weighted by Gasteiger charge is -1.93. The topological polar surface area (TPSA) is 52.0 Å². The zero-order chi connectivity index (χ0) is 8.27. The minimum absolute atomic E-state index is 0.242. The summed E-state index contributed by atoms with van der Waals surface area (Å²) in [6, 6.07) is 1.32. The van der Waals surface area contributed by atoms with Crippen molar-refractivity contribution in [2.75, 3.05) is 0 Å². The average molecular weight is 150 g/mol. The van der Waals surface area contributed by atoms with Crippen molar-refractivity contribution >= 4 is 12.0 Å². The van der Waals surface area contributed by atoms with Crippen molar-refractivity contribution in [3.63, 3.8) is 0 Å². The zero-order valence-corrected chi connectivity index (χ0v) is 5.94. The van der Waals surface area contributed by atoms with Crippen LogP contribution in [0.5, 0.6) is 0 Å². The standard InChI is InChI=1S/C7H6N2O2/c1-9-7(11)4-6(2-3-10)5-8-9/h2,4-5H,1H3. The molecule has 4 nitrogen and oxygen atoms in total. The van der Waals surface area contributed by atoms with Crippen LogP contribution in [-0.4, -0.2) is 15.7 Å². The van der Waals surface area contributed by atoms with Gasteiger partial charge >= 0.3 is 0 Å². The van der Waals surface area contributed by atoms with Crippen LogP contribution in [0, 0.1) is 0 Å². The molecule has 11 heavy (non-hydrogen) atoms. The van der Waals surface area contributed by atoms with Gasteiger partial charge in [0, 0.05) is 24.8 Å². The average Bonchev–Trinajstić information content (AvgIpc) is 1.98. The van der Waals surface area contributed by atoms with Crippen molar-refractivity contribution in [2.24, 2.45) is 7.05 Å². The van der Waals surface area contributed by atoms with Gasteiger partial charge in [-0.2, -0.15) is 5.10 Å². The molecule has 0 spiro atoms. The Kier molecular flexibility index (Phi) is 1.99. The normalized spacial score (nSPS) is 8.82. The van der Waals surface area contributed by atoms with Gasteiger partial charge in [0.1, 0.15) is 5.94 Å². The summed E-state index contributed by atoms with van der Waals surface area (Å²) in [4.78, 5) is 20.7. The Hall–Kier alpha value is -1.67. The number of hydrogen-bond donors (Lipinski definition) is 0. The second-order valence-electron chi connectivity index (χ2n) is 2.01. The fraction of sp³-hybridized carbons (Fsp3) is 0.143. The first kappa shape index (κ1) is 7.44. The van der Waals surface area contributed by atoms with E-state index in [4.69, 9.17) is 0 Å². The number of carbonyl (C=O) groups excluding carboxylic acids is 1. The molecule has 1 heterocycles. The van der Waals surface area contributed by atoms with E-state index in [-0.39, 0.29) is 5.56 Å². The van der Waals surface area contributed by atoms with E-state index >= 15 is 0 Å². The fourth-order valence-electron chi connectivity index (χ4n) is 0.630. The second-order valence-corrected chi connectivity index (χ2v) is 2.01. The Morgan fingerprint density at radius 1 is 1.73 bits per heavy atom. The van der Waals surface area contributed by atoms with Crippen LogP contribution in [0.1, 0.15) is 5.56 Å². The predicted molar refractivity (Wildman–Crippen MR) is 39.6 cm³/mol. The number of aromatic nitrogens is 2. The van der Waals surface area contributed by atoms with E-state index in [0.29, 0.717) is 5.56 Å². The molecule has 0 bridgehead atoms. The highest BCUT2D eigenvalue weighted by atomic mass is 16.1. The largest absolute Gasteiger partial charge is 0.268 e. The van der Waals surface area contributed by atoms with Crippen LogP contribution in [0.3, 0.4) is 0 Å². The molecule has 56 valence electrons. The molecule has 0 fully saturated rings. The Morgan fingerprint density at radius 2 is 2.45 bits per heavy atom. The molecule has 0 aliphatic carbocycles. The lowest BCUT2D eigenvalue weighted by Crippen LogP contribution is -2.17. The molecular weight excluding hydrogens is 144 g/mol. The highest BCUT2D eigenvalue weighted by Gasteiger charge is 1.91. The second kappa shape index (κ2) is 2.94. The summed E-state index contributed by atoms with van der Waals surface area (Å²) in [6.07, 6.45) is 2.58. The lowest BCUT2D eigenvalue weighted by atomic mass is 10.3. The molecule has 0 aromatic carbocycles. The van der Waals surface area contributed by atoms with Crippen LogP contribution in [0.15, 0.2) is 17.1 Å². The molecule has 0 radical (unpaired) electrons. The molecule has 0 unspecified atom stereocenters. The monoisotopic (exact) mass is 150 g/mol. The summed E-state index contributed by atoms with van der Waals surface area (Å²) < 4.78 is 1.18. The molecule has 0 aliphatic heterocycles. The van der Waals surface area contributed by atoms with Gasteiger partial charge in [-0.05, 0) is 0 Å². The van der Waals surface area contributed by atoms with Crippen LogP contribution in [0.2, 0.25) is 0 Å². The predicted octanol–water partition coefficient (Wildman–Crippen LogP) is -0.375. The van der Waals surface area contributed by atoms with Gasteiger partial charge in [0.25, 0.3) is 5.56 Å². The molecule has 0 amide bonds. The SMILES string of the molecule is Cn1ncc(C=C=O)cc1=O. The van der Waals surface area contributed by atoms with Gasteiger partial charge in [-0.25, -0.2) is 9.48 Å². The molecule has 0 N–H and O–H groups in total. The van der Waals surface area contributed by atoms with E-state index in [9.17, 15) is 9.59 Å². The Balaban J connectivity index is 3.26. The van der Waals surface area contributed by atoms with E-state index in [0.717, 1.165) is 6.08 Å². The van der Waals surface area contributed by atoms with E-state index < -0.39 is 0 Å². The van der Waals surface area contributed by atoms with E-state index in [1.54, 1.807) is 5.94 Å². The van der Waals surface area contributed by atoms with Gasteiger partial charge in [-0.15, -0.1) is 0 Å². The Labute approximate surface area is 62.8 Å². The molecule has 4 heteroatoms. The first-order chi connectivity index (χ1) is 5.24. The van der Waals surface area contributed by atoms with Gasteiger partial charge in [0.15, 0.2) is 0 Å². The van der Waals surface area contributed by atoms with Gasteiger partial charge in [-0.1, -0.05) is 0 Å². The number of aryl methyl sites for hydroxylation is 1. The van der Waals surface area contributed by atoms with Gasteiger partial charge in [-0.3, -0.25) is 4.79 Å². The maximum absolute atomic E-state index is 10.9.